The molecule has 0 aliphatic heterocycles. The summed E-state index contributed by atoms with van der Waals surface area (Å²) < 4.78 is 5.44. The molecule has 0 amide bonds. The van der Waals surface area contributed by atoms with Crippen LogP contribution in [0.15, 0.2) is 10.5 Å². The van der Waals surface area contributed by atoms with Crippen LogP contribution in [0.1, 0.15) is 55.0 Å². The van der Waals surface area contributed by atoms with E-state index in [1.807, 2.05) is 19.9 Å². The minimum absolute atomic E-state index is 0.148. The highest BCUT2D eigenvalue weighted by molar-refractivity contribution is 5.99. The molecule has 0 spiro atoms. The van der Waals surface area contributed by atoms with Gasteiger partial charge in [-0.25, -0.2) is 0 Å². The van der Waals surface area contributed by atoms with Crippen molar-refractivity contribution in [1.29, 1.82) is 0 Å². The molecule has 1 aromatic rings. The number of aryl methyl sites for hydroxylation is 2. The molecule has 2 nitrogen and oxygen atoms in total. The standard InChI is InChI=1S/C14H20O2/c1-9-8-11(10(2)16-9)13(15)12-6-5-7-14(12,3)4/h8,12H,5-7H2,1-4H3. The van der Waals surface area contributed by atoms with Gasteiger partial charge in [0.25, 0.3) is 0 Å². The van der Waals surface area contributed by atoms with Gasteiger partial charge in [0.1, 0.15) is 11.5 Å². The van der Waals surface area contributed by atoms with Gasteiger partial charge < -0.3 is 4.42 Å². The van der Waals surface area contributed by atoms with Crippen LogP contribution in [0.25, 0.3) is 0 Å². The van der Waals surface area contributed by atoms with Crippen molar-refractivity contribution in [3.8, 4) is 0 Å². The van der Waals surface area contributed by atoms with Gasteiger partial charge in [0, 0.05) is 5.92 Å². The first-order valence-corrected chi connectivity index (χ1v) is 6.03. The second-order valence-electron chi connectivity index (χ2n) is 5.62. The number of hydrogen-bond donors (Lipinski definition) is 0. The molecule has 1 aromatic heterocycles. The summed E-state index contributed by atoms with van der Waals surface area (Å²) in [6.07, 6.45) is 3.34. The zero-order chi connectivity index (χ0) is 11.9. The fourth-order valence-corrected chi connectivity index (χ4v) is 2.88. The van der Waals surface area contributed by atoms with Gasteiger partial charge in [0.15, 0.2) is 5.78 Å². The van der Waals surface area contributed by atoms with Crippen LogP contribution in [-0.4, -0.2) is 5.78 Å². The van der Waals surface area contributed by atoms with Crippen molar-refractivity contribution in [2.24, 2.45) is 11.3 Å². The number of furan rings is 1. The van der Waals surface area contributed by atoms with Gasteiger partial charge >= 0.3 is 0 Å². The van der Waals surface area contributed by atoms with Crippen molar-refractivity contribution in [2.45, 2.75) is 47.0 Å². The van der Waals surface area contributed by atoms with Crippen LogP contribution in [-0.2, 0) is 0 Å². The van der Waals surface area contributed by atoms with Crippen molar-refractivity contribution in [3.63, 3.8) is 0 Å². The molecule has 0 aromatic carbocycles. The van der Waals surface area contributed by atoms with Crippen molar-refractivity contribution < 1.29 is 9.21 Å². The molecule has 1 saturated carbocycles. The van der Waals surface area contributed by atoms with E-state index in [-0.39, 0.29) is 17.1 Å². The molecular formula is C14H20O2. The minimum Gasteiger partial charge on any atom is -0.466 e. The third-order valence-electron chi connectivity index (χ3n) is 3.88. The van der Waals surface area contributed by atoms with E-state index in [1.54, 1.807) is 0 Å². The lowest BCUT2D eigenvalue weighted by atomic mass is 9.78. The van der Waals surface area contributed by atoms with Gasteiger partial charge in [-0.1, -0.05) is 20.3 Å². The topological polar surface area (TPSA) is 30.2 Å². The summed E-state index contributed by atoms with van der Waals surface area (Å²) >= 11 is 0. The molecule has 0 saturated heterocycles. The number of hydrogen-bond acceptors (Lipinski definition) is 2. The summed E-state index contributed by atoms with van der Waals surface area (Å²) in [6.45, 7) is 8.17. The van der Waals surface area contributed by atoms with E-state index in [9.17, 15) is 4.79 Å². The van der Waals surface area contributed by atoms with Gasteiger partial charge in [-0.15, -0.1) is 0 Å². The van der Waals surface area contributed by atoms with E-state index < -0.39 is 0 Å². The Morgan fingerprint density at radius 2 is 2.12 bits per heavy atom. The molecule has 1 unspecified atom stereocenters. The Balaban J connectivity index is 2.29. The van der Waals surface area contributed by atoms with E-state index in [2.05, 4.69) is 13.8 Å². The normalized spacial score (nSPS) is 23.6. The SMILES string of the molecule is Cc1cc(C(=O)C2CCCC2(C)C)c(C)o1. The molecular weight excluding hydrogens is 200 g/mol. The summed E-state index contributed by atoms with van der Waals surface area (Å²) in [4.78, 5) is 12.4. The fourth-order valence-electron chi connectivity index (χ4n) is 2.88. The molecule has 0 radical (unpaired) electrons. The van der Waals surface area contributed by atoms with Crippen LogP contribution < -0.4 is 0 Å². The molecule has 1 atom stereocenters. The van der Waals surface area contributed by atoms with Crippen molar-refractivity contribution in [1.82, 2.24) is 0 Å². The van der Waals surface area contributed by atoms with Crippen LogP contribution in [0.2, 0.25) is 0 Å². The minimum atomic E-state index is 0.148. The third-order valence-corrected chi connectivity index (χ3v) is 3.88. The highest BCUT2D eigenvalue weighted by atomic mass is 16.3. The Kier molecular flexibility index (Phi) is 2.69. The fraction of sp³-hybridized carbons (Fsp3) is 0.643. The molecule has 1 aliphatic carbocycles. The summed E-state index contributed by atoms with van der Waals surface area (Å²) in [5.41, 5.74) is 0.937. The molecule has 1 aliphatic rings. The van der Waals surface area contributed by atoms with E-state index in [0.29, 0.717) is 0 Å². The number of carbonyl (C=O) groups excluding carboxylic acids is 1. The Bertz CT molecular complexity index is 412. The smallest absolute Gasteiger partial charge is 0.169 e. The average molecular weight is 220 g/mol. The van der Waals surface area contributed by atoms with Crippen LogP contribution in [0, 0.1) is 25.2 Å². The molecule has 1 heterocycles. The van der Waals surface area contributed by atoms with Gasteiger partial charge in [-0.2, -0.15) is 0 Å². The highest BCUT2D eigenvalue weighted by Gasteiger charge is 2.40. The van der Waals surface area contributed by atoms with E-state index in [0.717, 1.165) is 29.9 Å². The largest absolute Gasteiger partial charge is 0.466 e. The Hall–Kier alpha value is -1.05. The van der Waals surface area contributed by atoms with E-state index >= 15 is 0 Å². The maximum atomic E-state index is 12.4. The maximum Gasteiger partial charge on any atom is 0.169 e. The highest BCUT2D eigenvalue weighted by Crippen LogP contribution is 2.44. The van der Waals surface area contributed by atoms with Gasteiger partial charge in [0.05, 0.1) is 5.56 Å². The monoisotopic (exact) mass is 220 g/mol. The van der Waals surface area contributed by atoms with E-state index in [1.165, 1.54) is 6.42 Å². The zero-order valence-corrected chi connectivity index (χ0v) is 10.6. The Labute approximate surface area is 97.0 Å². The van der Waals surface area contributed by atoms with Crippen LogP contribution in [0.5, 0.6) is 0 Å². The second kappa shape index (κ2) is 3.76. The maximum absolute atomic E-state index is 12.4. The number of Topliss-reactive ketones (excluding diaryl/α,β-unsaturated/α-hetero) is 1. The van der Waals surface area contributed by atoms with Crippen LogP contribution in [0.3, 0.4) is 0 Å². The first kappa shape index (κ1) is 11.4. The predicted octanol–water partition coefficient (Wildman–Crippen LogP) is 3.91. The Morgan fingerprint density at radius 3 is 2.56 bits per heavy atom. The predicted molar refractivity (Wildman–Crippen MR) is 63.6 cm³/mol. The van der Waals surface area contributed by atoms with Crippen LogP contribution >= 0.6 is 0 Å². The molecule has 1 fully saturated rings. The molecule has 2 rings (SSSR count). The summed E-state index contributed by atoms with van der Waals surface area (Å²) in [6, 6.07) is 1.88. The summed E-state index contributed by atoms with van der Waals surface area (Å²) in [5.74, 6) is 2.04. The molecule has 16 heavy (non-hydrogen) atoms. The Morgan fingerprint density at radius 1 is 1.44 bits per heavy atom. The first-order valence-electron chi connectivity index (χ1n) is 6.03. The quantitative estimate of drug-likeness (QED) is 0.707. The van der Waals surface area contributed by atoms with Crippen molar-refractivity contribution in [2.75, 3.05) is 0 Å². The lowest BCUT2D eigenvalue weighted by Crippen LogP contribution is -2.26. The molecule has 88 valence electrons. The third kappa shape index (κ3) is 1.81. The van der Waals surface area contributed by atoms with Gasteiger partial charge in [-0.05, 0) is 38.2 Å². The first-order chi connectivity index (χ1) is 7.42. The van der Waals surface area contributed by atoms with E-state index in [4.69, 9.17) is 4.42 Å². The van der Waals surface area contributed by atoms with Crippen molar-refractivity contribution >= 4 is 5.78 Å². The second-order valence-corrected chi connectivity index (χ2v) is 5.62. The molecule has 0 N–H and O–H groups in total. The number of carbonyl (C=O) groups is 1. The lowest BCUT2D eigenvalue weighted by Gasteiger charge is -2.25. The van der Waals surface area contributed by atoms with Crippen molar-refractivity contribution in [3.05, 3.63) is 23.2 Å². The zero-order valence-electron chi connectivity index (χ0n) is 10.6. The average Bonchev–Trinajstić information content (AvgIpc) is 2.68. The molecule has 0 bridgehead atoms. The summed E-state index contributed by atoms with van der Waals surface area (Å²) in [7, 11) is 0. The van der Waals surface area contributed by atoms with Gasteiger partial charge in [-0.3, -0.25) is 4.79 Å². The number of rotatable bonds is 2. The van der Waals surface area contributed by atoms with Gasteiger partial charge in [0.2, 0.25) is 0 Å². The lowest BCUT2D eigenvalue weighted by molar-refractivity contribution is 0.0837. The molecule has 2 heteroatoms. The summed E-state index contributed by atoms with van der Waals surface area (Å²) in [5, 5.41) is 0. The number of ketones is 1. The van der Waals surface area contributed by atoms with Crippen LogP contribution in [0.4, 0.5) is 0 Å².